The van der Waals surface area contributed by atoms with E-state index in [0.717, 1.165) is 28.0 Å². The van der Waals surface area contributed by atoms with Crippen molar-refractivity contribution in [1.82, 2.24) is 23.6 Å². The van der Waals surface area contributed by atoms with Gasteiger partial charge in [0, 0.05) is 44.6 Å². The number of carbonyl (C=O) groups excluding carboxylic acids is 1. The zero-order valence-corrected chi connectivity index (χ0v) is 20.3. The summed E-state index contributed by atoms with van der Waals surface area (Å²) in [5.41, 5.74) is 2.54. The lowest BCUT2D eigenvalue weighted by molar-refractivity contribution is 0.0698. The molecule has 1 fully saturated rings. The molecule has 2 aromatic carbocycles. The summed E-state index contributed by atoms with van der Waals surface area (Å²) in [4.78, 5) is 15.4. The largest absolute Gasteiger partial charge is 0.336 e. The Kier molecular flexibility index (Phi) is 5.53. The minimum atomic E-state index is -3.64. The highest BCUT2D eigenvalue weighted by molar-refractivity contribution is 7.89. The van der Waals surface area contributed by atoms with Gasteiger partial charge in [0.1, 0.15) is 11.4 Å². The zero-order valence-electron chi connectivity index (χ0n) is 19.5. The molecule has 0 bridgehead atoms. The van der Waals surface area contributed by atoms with E-state index in [1.54, 1.807) is 27.9 Å². The normalized spacial score (nSPS) is 15.2. The van der Waals surface area contributed by atoms with Gasteiger partial charge in [-0.25, -0.2) is 8.42 Å². The van der Waals surface area contributed by atoms with E-state index >= 15 is 0 Å². The lowest BCUT2D eigenvalue weighted by atomic mass is 10.1. The van der Waals surface area contributed by atoms with Crippen molar-refractivity contribution in [2.24, 2.45) is 7.05 Å². The van der Waals surface area contributed by atoms with Crippen molar-refractivity contribution >= 4 is 26.7 Å². The van der Waals surface area contributed by atoms with Gasteiger partial charge >= 0.3 is 0 Å². The second kappa shape index (κ2) is 8.41. The molecule has 5 rings (SSSR count). The smallest absolute Gasteiger partial charge is 0.259 e. The third kappa shape index (κ3) is 3.70. The predicted molar refractivity (Wildman–Crippen MR) is 131 cm³/mol. The molecule has 3 heterocycles. The third-order valence-corrected chi connectivity index (χ3v) is 8.40. The maximum atomic E-state index is 13.4. The van der Waals surface area contributed by atoms with E-state index in [2.05, 4.69) is 5.10 Å². The van der Waals surface area contributed by atoms with Gasteiger partial charge in [-0.15, -0.1) is 0 Å². The van der Waals surface area contributed by atoms with Gasteiger partial charge in [-0.1, -0.05) is 30.3 Å². The molecule has 0 saturated carbocycles. The van der Waals surface area contributed by atoms with Crippen LogP contribution in [0.4, 0.5) is 0 Å². The zero-order chi connectivity index (χ0) is 24.0. The fourth-order valence-corrected chi connectivity index (χ4v) is 6.09. The van der Waals surface area contributed by atoms with Crippen LogP contribution in [-0.2, 0) is 17.1 Å². The van der Waals surface area contributed by atoms with Crippen molar-refractivity contribution in [2.45, 2.75) is 18.7 Å². The number of rotatable bonds is 4. The van der Waals surface area contributed by atoms with Gasteiger partial charge in [-0.05, 0) is 48.9 Å². The first-order chi connectivity index (χ1) is 16.3. The Morgan fingerprint density at radius 2 is 1.53 bits per heavy atom. The number of piperazine rings is 1. The molecule has 4 aromatic rings. The quantitative estimate of drug-likeness (QED) is 0.452. The van der Waals surface area contributed by atoms with Crippen LogP contribution in [0.1, 0.15) is 21.7 Å². The average molecular weight is 478 g/mol. The lowest BCUT2D eigenvalue weighted by Gasteiger charge is -2.34. The van der Waals surface area contributed by atoms with Crippen LogP contribution >= 0.6 is 0 Å². The Bertz CT molecular complexity index is 1470. The first kappa shape index (κ1) is 22.4. The molecule has 34 heavy (non-hydrogen) atoms. The van der Waals surface area contributed by atoms with E-state index in [9.17, 15) is 13.2 Å². The SMILES string of the molecule is Cc1ccc(C)n1-c1c(C(=O)N2CCN(S(=O)(=O)c3ccc4ccccc4c3)CC2)cnn1C. The molecule has 0 spiro atoms. The molecule has 1 aliphatic heterocycles. The summed E-state index contributed by atoms with van der Waals surface area (Å²) in [6.07, 6.45) is 1.59. The second-order valence-electron chi connectivity index (χ2n) is 8.66. The summed E-state index contributed by atoms with van der Waals surface area (Å²) in [7, 11) is -1.82. The Morgan fingerprint density at radius 3 is 2.21 bits per heavy atom. The monoisotopic (exact) mass is 477 g/mol. The van der Waals surface area contributed by atoms with Gasteiger partial charge in [0.05, 0.1) is 11.1 Å². The van der Waals surface area contributed by atoms with E-state index in [-0.39, 0.29) is 23.9 Å². The van der Waals surface area contributed by atoms with Gasteiger partial charge in [0.25, 0.3) is 5.91 Å². The van der Waals surface area contributed by atoms with Crippen molar-refractivity contribution < 1.29 is 13.2 Å². The van der Waals surface area contributed by atoms with Crippen LogP contribution < -0.4 is 0 Å². The number of aryl methyl sites for hydroxylation is 3. The molecule has 0 atom stereocenters. The fourth-order valence-electron chi connectivity index (χ4n) is 4.63. The maximum Gasteiger partial charge on any atom is 0.259 e. The molecular formula is C25H27N5O3S. The second-order valence-corrected chi connectivity index (χ2v) is 10.6. The summed E-state index contributed by atoms with van der Waals surface area (Å²) in [6.45, 7) is 5.12. The Hall–Kier alpha value is -3.43. The summed E-state index contributed by atoms with van der Waals surface area (Å²) < 4.78 is 31.7. The number of benzene rings is 2. The molecule has 1 aliphatic rings. The van der Waals surface area contributed by atoms with Gasteiger partial charge < -0.3 is 9.47 Å². The number of nitrogens with zero attached hydrogens (tertiary/aromatic N) is 5. The van der Waals surface area contributed by atoms with Crippen LogP contribution in [0.3, 0.4) is 0 Å². The summed E-state index contributed by atoms with van der Waals surface area (Å²) in [5, 5.41) is 6.22. The molecular weight excluding hydrogens is 450 g/mol. The van der Waals surface area contributed by atoms with E-state index in [4.69, 9.17) is 0 Å². The van der Waals surface area contributed by atoms with Gasteiger partial charge in [0.2, 0.25) is 10.0 Å². The highest BCUT2D eigenvalue weighted by Gasteiger charge is 2.32. The van der Waals surface area contributed by atoms with Crippen LogP contribution in [0.15, 0.2) is 65.7 Å². The standard InChI is InChI=1S/C25H27N5O3S/c1-18-8-9-19(2)30(18)24-23(17-26-27(24)3)25(31)28-12-14-29(15-13-28)34(32,33)22-11-10-20-6-4-5-7-21(20)16-22/h4-11,16-17H,12-15H2,1-3H3. The van der Waals surface area contributed by atoms with Crippen molar-refractivity contribution in [3.63, 3.8) is 0 Å². The first-order valence-corrected chi connectivity index (χ1v) is 12.7. The van der Waals surface area contributed by atoms with Crippen LogP contribution in [0.2, 0.25) is 0 Å². The molecule has 1 amide bonds. The van der Waals surface area contributed by atoms with Crippen molar-refractivity contribution in [2.75, 3.05) is 26.2 Å². The third-order valence-electron chi connectivity index (χ3n) is 6.51. The Morgan fingerprint density at radius 1 is 0.882 bits per heavy atom. The molecule has 0 aliphatic carbocycles. The van der Waals surface area contributed by atoms with Crippen LogP contribution in [0.25, 0.3) is 16.6 Å². The Labute approximate surface area is 199 Å². The highest BCUT2D eigenvalue weighted by Crippen LogP contribution is 2.25. The van der Waals surface area contributed by atoms with E-state index in [1.165, 1.54) is 4.31 Å². The molecule has 2 aromatic heterocycles. The number of hydrogen-bond donors (Lipinski definition) is 0. The maximum absolute atomic E-state index is 13.4. The van der Waals surface area contributed by atoms with E-state index < -0.39 is 10.0 Å². The van der Waals surface area contributed by atoms with Crippen molar-refractivity contribution in [1.29, 1.82) is 0 Å². The number of fused-ring (bicyclic) bond motifs is 1. The molecule has 0 radical (unpaired) electrons. The van der Waals surface area contributed by atoms with Crippen LogP contribution in [-0.4, -0.2) is 64.1 Å². The van der Waals surface area contributed by atoms with E-state index in [0.29, 0.717) is 18.7 Å². The number of hydrogen-bond acceptors (Lipinski definition) is 4. The molecule has 176 valence electrons. The minimum absolute atomic E-state index is 0.140. The number of aromatic nitrogens is 3. The summed E-state index contributed by atoms with van der Waals surface area (Å²) in [5.74, 6) is 0.578. The summed E-state index contributed by atoms with van der Waals surface area (Å²) in [6, 6.07) is 16.9. The number of amides is 1. The van der Waals surface area contributed by atoms with Crippen molar-refractivity contribution in [3.05, 3.63) is 77.7 Å². The molecule has 0 unspecified atom stereocenters. The minimum Gasteiger partial charge on any atom is -0.336 e. The molecule has 9 heteroatoms. The number of carbonyl (C=O) groups is 1. The van der Waals surface area contributed by atoms with Crippen LogP contribution in [0, 0.1) is 13.8 Å². The van der Waals surface area contributed by atoms with Gasteiger partial charge in [-0.2, -0.15) is 9.40 Å². The molecule has 0 N–H and O–H groups in total. The van der Waals surface area contributed by atoms with Gasteiger partial charge in [0.15, 0.2) is 0 Å². The Balaban J connectivity index is 1.35. The highest BCUT2D eigenvalue weighted by atomic mass is 32.2. The summed E-state index contributed by atoms with van der Waals surface area (Å²) >= 11 is 0. The average Bonchev–Trinajstić information content (AvgIpc) is 3.38. The molecule has 8 nitrogen and oxygen atoms in total. The van der Waals surface area contributed by atoms with Gasteiger partial charge in [-0.3, -0.25) is 9.48 Å². The van der Waals surface area contributed by atoms with E-state index in [1.807, 2.05) is 67.9 Å². The lowest BCUT2D eigenvalue weighted by Crippen LogP contribution is -2.50. The van der Waals surface area contributed by atoms with Crippen LogP contribution in [0.5, 0.6) is 0 Å². The predicted octanol–water partition coefficient (Wildman–Crippen LogP) is 3.13. The first-order valence-electron chi connectivity index (χ1n) is 11.2. The fraction of sp³-hybridized carbons (Fsp3) is 0.280. The van der Waals surface area contributed by atoms with Crippen molar-refractivity contribution in [3.8, 4) is 5.82 Å². The molecule has 1 saturated heterocycles. The number of sulfonamides is 1. The topological polar surface area (TPSA) is 80.4 Å².